The Labute approximate surface area is 62.2 Å². The monoisotopic (exact) mass is 291 g/mol. The van der Waals surface area contributed by atoms with Gasteiger partial charge in [-0.25, -0.2) is 0 Å². The summed E-state index contributed by atoms with van der Waals surface area (Å²) >= 11 is 0. The van der Waals surface area contributed by atoms with Crippen molar-refractivity contribution < 1.29 is 24.6 Å². The maximum absolute atomic E-state index is 9.96. The van der Waals surface area contributed by atoms with E-state index in [2.05, 4.69) is 0 Å². The minimum atomic E-state index is -0.375. The van der Waals surface area contributed by atoms with E-state index in [1.165, 1.54) is 6.08 Å². The Kier molecular flexibility index (Phi) is 6.71. The van der Waals surface area contributed by atoms with Gasteiger partial charge < -0.3 is 5.73 Å². The van der Waals surface area contributed by atoms with Gasteiger partial charge in [-0.3, -0.25) is 4.79 Å². The van der Waals surface area contributed by atoms with Gasteiger partial charge in [-0.1, -0.05) is 5.57 Å². The van der Waals surface area contributed by atoms with E-state index in [0.717, 1.165) is 5.57 Å². The van der Waals surface area contributed by atoms with Crippen molar-refractivity contribution in [1.82, 2.24) is 0 Å². The second kappa shape index (κ2) is 4.99. The van der Waals surface area contributed by atoms with E-state index in [1.54, 1.807) is 0 Å². The zero-order chi connectivity index (χ0) is 5.86. The molecule has 0 atom stereocenters. The molecule has 0 aromatic heterocycles. The van der Waals surface area contributed by atoms with Gasteiger partial charge in [0, 0.05) is 25.9 Å². The van der Waals surface area contributed by atoms with E-state index in [4.69, 9.17) is 5.73 Å². The van der Waals surface area contributed by atoms with Crippen LogP contribution >= 0.6 is 0 Å². The van der Waals surface area contributed by atoms with Crippen molar-refractivity contribution in [2.45, 2.75) is 13.8 Å². The van der Waals surface area contributed by atoms with Crippen LogP contribution in [0, 0.1) is 0 Å². The van der Waals surface area contributed by atoms with Gasteiger partial charge in [-0.15, -0.1) is 0 Å². The van der Waals surface area contributed by atoms with Crippen LogP contribution in [0.25, 0.3) is 0 Å². The van der Waals surface area contributed by atoms with E-state index in [1.807, 2.05) is 13.8 Å². The Hall–Kier alpha value is -0.154. The van der Waals surface area contributed by atoms with Crippen molar-refractivity contribution in [3.63, 3.8) is 0 Å². The minimum absolute atomic E-state index is 0. The zero-order valence-electron chi connectivity index (χ0n) is 4.92. The predicted octanol–water partition coefficient (Wildman–Crippen LogP) is 0.435. The van der Waals surface area contributed by atoms with Gasteiger partial charge in [-0.05, 0) is 13.8 Å². The maximum Gasteiger partial charge on any atom is 0.241 e. The molecular weight excluding hydrogens is 280 g/mol. The Morgan fingerprint density at radius 3 is 1.88 bits per heavy atom. The molecule has 0 saturated carbocycles. The first kappa shape index (κ1) is 10.8. The smallest absolute Gasteiger partial charge is 0.241 e. The third-order valence-corrected chi connectivity index (χ3v) is 0.431. The van der Waals surface area contributed by atoms with E-state index >= 15 is 0 Å². The van der Waals surface area contributed by atoms with E-state index in [9.17, 15) is 4.79 Å². The molecule has 0 bridgehead atoms. The SMILES string of the molecule is CC(C)=CC(N)=O.[Os]. The number of nitrogens with two attached hydrogens (primary N) is 1. The number of hydrogen-bond donors (Lipinski definition) is 1. The van der Waals surface area contributed by atoms with Crippen LogP contribution in [0.15, 0.2) is 11.6 Å². The molecule has 0 aliphatic rings. The molecule has 0 saturated heterocycles. The van der Waals surface area contributed by atoms with Crippen LogP contribution in [-0.2, 0) is 24.6 Å². The summed E-state index contributed by atoms with van der Waals surface area (Å²) in [6.07, 6.45) is 1.39. The molecule has 0 rings (SSSR count). The molecule has 0 radical (unpaired) electrons. The Morgan fingerprint density at radius 2 is 1.88 bits per heavy atom. The zero-order valence-corrected chi connectivity index (χ0v) is 7.46. The standard InChI is InChI=1S/C5H9NO.Os/c1-4(2)3-5(6)7;/h3H,1-2H3,(H2,6,7);. The summed E-state index contributed by atoms with van der Waals surface area (Å²) in [5.41, 5.74) is 5.72. The average molecular weight is 289 g/mol. The van der Waals surface area contributed by atoms with E-state index in [-0.39, 0.29) is 25.7 Å². The molecule has 0 spiro atoms. The number of carbonyl (C=O) groups is 1. The Balaban J connectivity index is 0. The molecule has 0 aromatic carbocycles. The number of amides is 1. The van der Waals surface area contributed by atoms with Gasteiger partial charge in [0.25, 0.3) is 0 Å². The van der Waals surface area contributed by atoms with Crippen LogP contribution in [0.4, 0.5) is 0 Å². The van der Waals surface area contributed by atoms with E-state index in [0.29, 0.717) is 0 Å². The number of primary amides is 1. The number of rotatable bonds is 1. The topological polar surface area (TPSA) is 43.1 Å². The summed E-state index contributed by atoms with van der Waals surface area (Å²) in [6, 6.07) is 0. The predicted molar refractivity (Wildman–Crippen MR) is 28.6 cm³/mol. The quantitative estimate of drug-likeness (QED) is 0.699. The largest absolute Gasteiger partial charge is 0.366 e. The molecule has 3 heteroatoms. The molecule has 2 N–H and O–H groups in total. The molecular formula is C5H9NOOs. The fraction of sp³-hybridized carbons (Fsp3) is 0.400. The first-order valence-corrected chi connectivity index (χ1v) is 2.07. The van der Waals surface area contributed by atoms with Gasteiger partial charge >= 0.3 is 0 Å². The fourth-order valence-corrected chi connectivity index (χ4v) is 0.285. The van der Waals surface area contributed by atoms with E-state index < -0.39 is 0 Å². The molecule has 0 aliphatic heterocycles. The molecule has 0 aromatic rings. The molecule has 0 unspecified atom stereocenters. The van der Waals surface area contributed by atoms with Gasteiger partial charge in [0.05, 0.1) is 0 Å². The van der Waals surface area contributed by atoms with Crippen LogP contribution in [0.2, 0.25) is 0 Å². The average Bonchev–Trinajstić information content (AvgIpc) is 1.27. The Bertz CT molecular complexity index is 105. The van der Waals surface area contributed by atoms with Crippen LogP contribution in [0.1, 0.15) is 13.8 Å². The van der Waals surface area contributed by atoms with Crippen molar-refractivity contribution in [3.8, 4) is 0 Å². The first-order valence-electron chi connectivity index (χ1n) is 2.07. The minimum Gasteiger partial charge on any atom is -0.366 e. The molecule has 1 amide bonds. The van der Waals surface area contributed by atoms with Crippen LogP contribution in [0.3, 0.4) is 0 Å². The normalized spacial score (nSPS) is 6.75. The summed E-state index contributed by atoms with van der Waals surface area (Å²) in [5.74, 6) is -0.375. The van der Waals surface area contributed by atoms with Crippen LogP contribution < -0.4 is 5.73 Å². The van der Waals surface area contributed by atoms with Crippen molar-refractivity contribution >= 4 is 5.91 Å². The number of carbonyl (C=O) groups excluding carboxylic acids is 1. The third kappa shape index (κ3) is 9.28. The van der Waals surface area contributed by atoms with Gasteiger partial charge in [0.15, 0.2) is 0 Å². The molecule has 0 fully saturated rings. The summed E-state index contributed by atoms with van der Waals surface area (Å²) < 4.78 is 0. The van der Waals surface area contributed by atoms with Gasteiger partial charge in [0.1, 0.15) is 0 Å². The third-order valence-electron chi connectivity index (χ3n) is 0.431. The second-order valence-corrected chi connectivity index (χ2v) is 1.62. The Morgan fingerprint density at radius 1 is 1.50 bits per heavy atom. The van der Waals surface area contributed by atoms with Crippen molar-refractivity contribution in [2.75, 3.05) is 0 Å². The molecule has 0 aliphatic carbocycles. The second-order valence-electron chi connectivity index (χ2n) is 1.62. The molecule has 48 valence electrons. The van der Waals surface area contributed by atoms with Crippen molar-refractivity contribution in [2.24, 2.45) is 5.73 Å². The summed E-state index contributed by atoms with van der Waals surface area (Å²) in [5, 5.41) is 0. The van der Waals surface area contributed by atoms with Crippen molar-refractivity contribution in [3.05, 3.63) is 11.6 Å². The summed E-state index contributed by atoms with van der Waals surface area (Å²) in [6.45, 7) is 3.65. The number of hydrogen-bond acceptors (Lipinski definition) is 1. The van der Waals surface area contributed by atoms with Crippen LogP contribution in [-0.4, -0.2) is 5.91 Å². The summed E-state index contributed by atoms with van der Waals surface area (Å²) in [4.78, 5) is 9.96. The van der Waals surface area contributed by atoms with Gasteiger partial charge in [0.2, 0.25) is 5.91 Å². The van der Waals surface area contributed by atoms with Gasteiger partial charge in [-0.2, -0.15) is 0 Å². The molecule has 0 heterocycles. The molecule has 2 nitrogen and oxygen atoms in total. The molecule has 8 heavy (non-hydrogen) atoms. The number of allylic oxidation sites excluding steroid dienone is 1. The van der Waals surface area contributed by atoms with Crippen LogP contribution in [0.5, 0.6) is 0 Å². The van der Waals surface area contributed by atoms with Crippen molar-refractivity contribution in [1.29, 1.82) is 0 Å². The summed E-state index contributed by atoms with van der Waals surface area (Å²) in [7, 11) is 0. The fourth-order valence-electron chi connectivity index (χ4n) is 0.285. The maximum atomic E-state index is 9.96. The first-order chi connectivity index (χ1) is 3.13.